The molecule has 162 valence electrons. The van der Waals surface area contributed by atoms with Gasteiger partial charge in [0, 0.05) is 31.3 Å². The molecule has 0 aliphatic carbocycles. The zero-order valence-electron chi connectivity index (χ0n) is 18.2. The molecule has 0 aromatic heterocycles. The lowest BCUT2D eigenvalue weighted by Gasteiger charge is -2.29. The van der Waals surface area contributed by atoms with Gasteiger partial charge < -0.3 is 19.1 Å². The number of anilines is 1. The molecule has 4 rings (SSSR count). The predicted octanol–water partition coefficient (Wildman–Crippen LogP) is 2.94. The summed E-state index contributed by atoms with van der Waals surface area (Å²) in [6.45, 7) is 6.15. The van der Waals surface area contributed by atoms with E-state index in [-0.39, 0.29) is 11.8 Å². The highest BCUT2D eigenvalue weighted by molar-refractivity contribution is 6.45. The molecule has 2 aliphatic rings. The van der Waals surface area contributed by atoms with Crippen LogP contribution in [0.15, 0.2) is 42.1 Å². The Morgan fingerprint density at radius 3 is 2.06 bits per heavy atom. The maximum Gasteiger partial charge on any atom is 0.282 e. The van der Waals surface area contributed by atoms with Crippen LogP contribution in [0.1, 0.15) is 16.7 Å². The van der Waals surface area contributed by atoms with Crippen molar-refractivity contribution in [2.24, 2.45) is 0 Å². The third kappa shape index (κ3) is 3.77. The van der Waals surface area contributed by atoms with E-state index in [9.17, 15) is 9.59 Å². The molecule has 0 bridgehead atoms. The van der Waals surface area contributed by atoms with Gasteiger partial charge in [-0.15, -0.1) is 0 Å². The van der Waals surface area contributed by atoms with Crippen LogP contribution in [-0.2, 0) is 14.3 Å². The van der Waals surface area contributed by atoms with E-state index in [1.54, 1.807) is 18.2 Å². The Labute approximate surface area is 181 Å². The summed E-state index contributed by atoms with van der Waals surface area (Å²) >= 11 is 0. The van der Waals surface area contributed by atoms with Crippen molar-refractivity contribution < 1.29 is 23.8 Å². The molecule has 0 radical (unpaired) electrons. The highest BCUT2D eigenvalue weighted by Gasteiger charge is 2.43. The van der Waals surface area contributed by atoms with E-state index in [4.69, 9.17) is 14.2 Å². The minimum absolute atomic E-state index is 0.351. The van der Waals surface area contributed by atoms with Gasteiger partial charge in [-0.3, -0.25) is 9.59 Å². The summed E-state index contributed by atoms with van der Waals surface area (Å²) < 4.78 is 16.1. The number of morpholine rings is 1. The van der Waals surface area contributed by atoms with E-state index in [2.05, 4.69) is 0 Å². The SMILES string of the molecule is COc1cc(OC)cc(N2C(=O)C(c3ccc(C)c(C)c3)=C(N3CCOCC3)C2=O)c1. The quantitative estimate of drug-likeness (QED) is 0.691. The maximum atomic E-state index is 13.7. The Kier molecular flexibility index (Phi) is 5.69. The average molecular weight is 422 g/mol. The van der Waals surface area contributed by atoms with Crippen molar-refractivity contribution in [3.05, 3.63) is 58.8 Å². The lowest BCUT2D eigenvalue weighted by molar-refractivity contribution is -0.121. The average Bonchev–Trinajstić information content (AvgIpc) is 3.05. The summed E-state index contributed by atoms with van der Waals surface area (Å²) in [6, 6.07) is 10.9. The lowest BCUT2D eigenvalue weighted by Crippen LogP contribution is -2.40. The van der Waals surface area contributed by atoms with E-state index in [1.807, 2.05) is 36.9 Å². The first-order valence-electron chi connectivity index (χ1n) is 10.2. The third-order valence-electron chi connectivity index (χ3n) is 5.78. The number of nitrogens with zero attached hydrogens (tertiary/aromatic N) is 2. The van der Waals surface area contributed by atoms with Crippen LogP contribution in [0.4, 0.5) is 5.69 Å². The van der Waals surface area contributed by atoms with Crippen molar-refractivity contribution in [1.29, 1.82) is 0 Å². The zero-order valence-corrected chi connectivity index (χ0v) is 18.2. The molecule has 7 heteroatoms. The molecule has 2 aromatic rings. The molecule has 2 heterocycles. The molecule has 0 unspecified atom stereocenters. The molecule has 1 fully saturated rings. The fourth-order valence-electron chi connectivity index (χ4n) is 3.91. The van der Waals surface area contributed by atoms with Crippen molar-refractivity contribution in [3.8, 4) is 11.5 Å². The molecular weight excluding hydrogens is 396 g/mol. The monoisotopic (exact) mass is 422 g/mol. The van der Waals surface area contributed by atoms with Gasteiger partial charge in [-0.1, -0.05) is 18.2 Å². The molecule has 7 nitrogen and oxygen atoms in total. The molecule has 0 atom stereocenters. The van der Waals surface area contributed by atoms with Gasteiger partial charge in [0.1, 0.15) is 17.2 Å². The van der Waals surface area contributed by atoms with Gasteiger partial charge in [-0.25, -0.2) is 4.90 Å². The summed E-state index contributed by atoms with van der Waals surface area (Å²) in [7, 11) is 3.06. The number of imide groups is 1. The van der Waals surface area contributed by atoms with Crippen LogP contribution in [-0.4, -0.2) is 57.2 Å². The third-order valence-corrected chi connectivity index (χ3v) is 5.78. The standard InChI is InChI=1S/C24H26N2O5/c1-15-5-6-17(11-16(15)2)21-22(25-7-9-31-10-8-25)24(28)26(23(21)27)18-12-19(29-3)14-20(13-18)30-4/h5-6,11-14H,7-10H2,1-4H3. The number of ether oxygens (including phenoxy) is 3. The maximum absolute atomic E-state index is 13.7. The van der Waals surface area contributed by atoms with Crippen molar-refractivity contribution in [3.63, 3.8) is 0 Å². The minimum atomic E-state index is -0.356. The number of hydrogen-bond donors (Lipinski definition) is 0. The van der Waals surface area contributed by atoms with Crippen molar-refractivity contribution >= 4 is 23.1 Å². The van der Waals surface area contributed by atoms with E-state index in [0.717, 1.165) is 16.7 Å². The summed E-state index contributed by atoms with van der Waals surface area (Å²) in [5, 5.41) is 0. The van der Waals surface area contributed by atoms with Gasteiger partial charge >= 0.3 is 0 Å². The van der Waals surface area contributed by atoms with Gasteiger partial charge in [0.15, 0.2) is 0 Å². The molecule has 0 saturated carbocycles. The fraction of sp³-hybridized carbons (Fsp3) is 0.333. The van der Waals surface area contributed by atoms with Crippen molar-refractivity contribution in [1.82, 2.24) is 4.90 Å². The molecule has 1 saturated heterocycles. The number of carbonyl (C=O) groups is 2. The zero-order chi connectivity index (χ0) is 22.1. The summed E-state index contributed by atoms with van der Waals surface area (Å²) in [6.07, 6.45) is 0. The fourth-order valence-corrected chi connectivity index (χ4v) is 3.91. The summed E-state index contributed by atoms with van der Waals surface area (Å²) in [4.78, 5) is 30.5. The lowest BCUT2D eigenvalue weighted by atomic mass is 9.99. The molecule has 31 heavy (non-hydrogen) atoms. The molecule has 2 amide bonds. The second-order valence-corrected chi connectivity index (χ2v) is 7.64. The van der Waals surface area contributed by atoms with E-state index < -0.39 is 0 Å². The topological polar surface area (TPSA) is 68.3 Å². The van der Waals surface area contributed by atoms with Gasteiger partial charge in [0.2, 0.25) is 0 Å². The smallest absolute Gasteiger partial charge is 0.282 e. The Morgan fingerprint density at radius 1 is 0.839 bits per heavy atom. The molecular formula is C24H26N2O5. The van der Waals surface area contributed by atoms with Crippen molar-refractivity contribution in [2.45, 2.75) is 13.8 Å². The Morgan fingerprint density at radius 2 is 1.48 bits per heavy atom. The first-order valence-corrected chi connectivity index (χ1v) is 10.2. The van der Waals surface area contributed by atoms with Crippen LogP contribution in [0.2, 0.25) is 0 Å². The van der Waals surface area contributed by atoms with Gasteiger partial charge in [0.25, 0.3) is 11.8 Å². The summed E-state index contributed by atoms with van der Waals surface area (Å²) in [5.74, 6) is 0.297. The molecule has 0 N–H and O–H groups in total. The van der Waals surface area contributed by atoms with Gasteiger partial charge in [-0.2, -0.15) is 0 Å². The second-order valence-electron chi connectivity index (χ2n) is 7.64. The largest absolute Gasteiger partial charge is 0.497 e. The number of aryl methyl sites for hydroxylation is 2. The highest BCUT2D eigenvalue weighted by atomic mass is 16.5. The normalized spacial score (nSPS) is 16.9. The number of hydrogen-bond acceptors (Lipinski definition) is 6. The first kappa shape index (κ1) is 20.9. The van der Waals surface area contributed by atoms with Gasteiger partial charge in [-0.05, 0) is 30.5 Å². The van der Waals surface area contributed by atoms with Crippen LogP contribution in [0.25, 0.3) is 5.57 Å². The molecule has 0 spiro atoms. The Bertz CT molecular complexity index is 1050. The number of methoxy groups -OCH3 is 2. The van der Waals surface area contributed by atoms with Gasteiger partial charge in [0.05, 0.1) is 38.7 Å². The minimum Gasteiger partial charge on any atom is -0.497 e. The molecule has 2 aliphatic heterocycles. The number of rotatable bonds is 5. The van der Waals surface area contributed by atoms with E-state index in [1.165, 1.54) is 19.1 Å². The van der Waals surface area contributed by atoms with Crippen LogP contribution >= 0.6 is 0 Å². The van der Waals surface area contributed by atoms with E-state index in [0.29, 0.717) is 54.8 Å². The number of benzene rings is 2. The van der Waals surface area contributed by atoms with Crippen LogP contribution in [0.5, 0.6) is 11.5 Å². The number of amides is 2. The Hall–Kier alpha value is -3.32. The highest BCUT2D eigenvalue weighted by Crippen LogP contribution is 2.38. The van der Waals surface area contributed by atoms with E-state index >= 15 is 0 Å². The van der Waals surface area contributed by atoms with Crippen molar-refractivity contribution in [2.75, 3.05) is 45.4 Å². The van der Waals surface area contributed by atoms with Crippen LogP contribution < -0.4 is 14.4 Å². The van der Waals surface area contributed by atoms with Crippen LogP contribution in [0, 0.1) is 13.8 Å². The second kappa shape index (κ2) is 8.43. The first-order chi connectivity index (χ1) is 14.9. The number of carbonyl (C=O) groups excluding carboxylic acids is 2. The Balaban J connectivity index is 1.85. The summed E-state index contributed by atoms with van der Waals surface area (Å²) in [5.41, 5.74) is 4.17. The molecule has 2 aromatic carbocycles. The van der Waals surface area contributed by atoms with Crippen LogP contribution in [0.3, 0.4) is 0 Å². The predicted molar refractivity (Wildman–Crippen MR) is 117 cm³/mol.